The summed E-state index contributed by atoms with van der Waals surface area (Å²) in [6.45, 7) is 0.142. The van der Waals surface area contributed by atoms with Crippen LogP contribution in [0.15, 0.2) is 82.3 Å². The number of aromatic hydroxyl groups is 1. The highest BCUT2D eigenvalue weighted by Crippen LogP contribution is 2.29. The molecule has 2 aromatic carbocycles. The summed E-state index contributed by atoms with van der Waals surface area (Å²) < 4.78 is 37.3. The van der Waals surface area contributed by atoms with Crippen molar-refractivity contribution in [3.8, 4) is 11.6 Å². The fourth-order valence-electron chi connectivity index (χ4n) is 3.45. The molecule has 1 atom stereocenters. The lowest BCUT2D eigenvalue weighted by atomic mass is 10.1. The topological polar surface area (TPSA) is 192 Å². The second-order valence-corrected chi connectivity index (χ2v) is 8.85. The fraction of sp³-hybridized carbons (Fsp3) is 0.0435. The van der Waals surface area contributed by atoms with Gasteiger partial charge in [0.05, 0.1) is 27.4 Å². The van der Waals surface area contributed by atoms with Crippen molar-refractivity contribution in [1.29, 1.82) is 0 Å². The number of carboxylic acid groups (broad SMARTS) is 1. The average molecular weight is 526 g/mol. The molecule has 0 aliphatic carbocycles. The van der Waals surface area contributed by atoms with Crippen LogP contribution in [0.25, 0.3) is 11.8 Å². The van der Waals surface area contributed by atoms with Gasteiger partial charge in [0.25, 0.3) is 16.6 Å². The van der Waals surface area contributed by atoms with E-state index in [1.165, 1.54) is 35.4 Å². The Bertz CT molecular complexity index is 1540. The number of rotatable bonds is 7. The monoisotopic (exact) mass is 526 g/mol. The first-order valence-electron chi connectivity index (χ1n) is 10.3. The van der Waals surface area contributed by atoms with Gasteiger partial charge in [-0.2, -0.15) is 18.2 Å². The van der Waals surface area contributed by atoms with E-state index in [1.54, 1.807) is 30.3 Å². The number of aromatic nitrogens is 2. The number of carbonyl (C=O) groups is 2. The van der Waals surface area contributed by atoms with Gasteiger partial charge in [0.15, 0.2) is 11.9 Å². The smallest absolute Gasteiger partial charge is 0.357 e. The molecule has 4 N–H and O–H groups in total. The Morgan fingerprint density at radius 1 is 1.05 bits per heavy atom. The fourth-order valence-corrected chi connectivity index (χ4v) is 3.93. The number of hydrogen-bond donors (Lipinski definition) is 4. The first-order chi connectivity index (χ1) is 17.6. The molecule has 1 aliphatic rings. The van der Waals surface area contributed by atoms with E-state index in [9.17, 15) is 33.3 Å². The van der Waals surface area contributed by atoms with Gasteiger partial charge >= 0.3 is 5.97 Å². The maximum Gasteiger partial charge on any atom is 0.357 e. The normalized spacial score (nSPS) is 16.8. The second-order valence-electron chi connectivity index (χ2n) is 7.43. The van der Waals surface area contributed by atoms with Crippen LogP contribution in [-0.4, -0.2) is 62.6 Å². The summed E-state index contributed by atoms with van der Waals surface area (Å²) in [4.78, 5) is 22.3. The maximum atomic E-state index is 11.7. The molecule has 190 valence electrons. The quantitative estimate of drug-likeness (QED) is 0.259. The Morgan fingerprint density at radius 3 is 2.32 bits per heavy atom. The number of aromatic carboxylic acids is 1. The predicted octanol–water partition coefficient (Wildman–Crippen LogP) is 1.79. The minimum Gasteiger partial charge on any atom is -0.493 e. The van der Waals surface area contributed by atoms with Crippen LogP contribution in [-0.2, 0) is 19.6 Å². The van der Waals surface area contributed by atoms with Crippen molar-refractivity contribution >= 4 is 40.2 Å². The van der Waals surface area contributed by atoms with Gasteiger partial charge < -0.3 is 20.1 Å². The number of benzene rings is 2. The molecule has 3 aromatic rings. The van der Waals surface area contributed by atoms with Crippen molar-refractivity contribution in [3.63, 3.8) is 0 Å². The van der Waals surface area contributed by atoms with Crippen LogP contribution in [0.2, 0.25) is 0 Å². The van der Waals surface area contributed by atoms with Crippen LogP contribution >= 0.6 is 0 Å². The third kappa shape index (κ3) is 5.11. The number of para-hydroxylation sites is 1. The average Bonchev–Trinajstić information content (AvgIpc) is 3.36. The van der Waals surface area contributed by atoms with E-state index >= 15 is 0 Å². The summed E-state index contributed by atoms with van der Waals surface area (Å²) in [6.07, 6.45) is 2.49. The van der Waals surface area contributed by atoms with Gasteiger partial charge in [0.1, 0.15) is 0 Å². The number of ether oxygens (including phenoxy) is 1. The molecule has 4 rings (SSSR count). The molecule has 14 heteroatoms. The predicted molar refractivity (Wildman–Crippen MR) is 129 cm³/mol. The lowest BCUT2D eigenvalue weighted by Gasteiger charge is -2.18. The minimum absolute atomic E-state index is 0.0803. The van der Waals surface area contributed by atoms with E-state index < -0.39 is 38.8 Å². The summed E-state index contributed by atoms with van der Waals surface area (Å²) in [5.41, 5.74) is -0.0190. The van der Waals surface area contributed by atoms with Crippen molar-refractivity contribution in [3.05, 3.63) is 83.6 Å². The van der Waals surface area contributed by atoms with E-state index in [0.29, 0.717) is 5.69 Å². The number of hydrogen-bond acceptors (Lipinski definition) is 10. The number of carboxylic acids is 1. The lowest BCUT2D eigenvalue weighted by Crippen LogP contribution is -2.27. The number of aliphatic hydroxyl groups excluding tert-OH is 1. The van der Waals surface area contributed by atoms with E-state index in [-0.39, 0.29) is 29.2 Å². The van der Waals surface area contributed by atoms with Crippen molar-refractivity contribution in [2.24, 2.45) is 5.10 Å². The molecular formula is C23H18N4O9S. The minimum atomic E-state index is -4.45. The van der Waals surface area contributed by atoms with Gasteiger partial charge in [0.2, 0.25) is 11.8 Å². The summed E-state index contributed by atoms with van der Waals surface area (Å²) in [5, 5.41) is 40.1. The van der Waals surface area contributed by atoms with Gasteiger partial charge in [-0.25, -0.2) is 9.80 Å². The summed E-state index contributed by atoms with van der Waals surface area (Å²) in [5.74, 6) is -2.23. The molecule has 0 spiro atoms. The molecule has 0 radical (unpaired) electrons. The van der Waals surface area contributed by atoms with E-state index in [4.69, 9.17) is 9.29 Å². The number of nitrogens with zero attached hydrogens (tertiary/aromatic N) is 4. The molecule has 0 amide bonds. The number of aliphatic hydroxyl groups is 1. The second kappa shape index (κ2) is 10.1. The molecule has 13 nitrogen and oxygen atoms in total. The lowest BCUT2D eigenvalue weighted by molar-refractivity contribution is -0.121. The van der Waals surface area contributed by atoms with Crippen LogP contribution in [0, 0.1) is 0 Å². The SMILES string of the molecule is O=COC1=NN(c2ccccc2)C(O)/C1=C\C=C\c1c(C(=O)O)nn(-c2ccc(S(=O)(=O)O)cc2)c1O. The Balaban J connectivity index is 1.68. The standard InChI is InChI=1S/C23H18N4O9S/c28-13-36-20-18(22(30)27(25-20)14-5-2-1-3-6-14)8-4-7-17-19(23(31)32)24-26(21(17)29)15-9-11-16(12-10-15)37(33,34)35/h1-13,22,29-30H,(H,31,32)(H,33,34,35)/b7-4+,18-8-. The van der Waals surface area contributed by atoms with E-state index in [1.807, 2.05) is 0 Å². The Hall–Kier alpha value is -4.79. The highest BCUT2D eigenvalue weighted by atomic mass is 32.2. The van der Waals surface area contributed by atoms with Gasteiger partial charge in [-0.3, -0.25) is 9.35 Å². The summed E-state index contributed by atoms with van der Waals surface area (Å²) in [6, 6.07) is 13.1. The molecule has 0 saturated carbocycles. The molecule has 0 bridgehead atoms. The Labute approximate surface area is 209 Å². The zero-order chi connectivity index (χ0) is 26.7. The third-order valence-corrected chi connectivity index (χ3v) is 6.02. The van der Waals surface area contributed by atoms with Gasteiger partial charge in [-0.05, 0) is 48.6 Å². The first kappa shape index (κ1) is 25.3. The largest absolute Gasteiger partial charge is 0.493 e. The van der Waals surface area contributed by atoms with E-state index in [2.05, 4.69) is 10.2 Å². The molecule has 2 heterocycles. The van der Waals surface area contributed by atoms with Crippen LogP contribution < -0.4 is 5.01 Å². The molecule has 1 aliphatic heterocycles. The number of anilines is 1. The highest BCUT2D eigenvalue weighted by Gasteiger charge is 2.32. The Morgan fingerprint density at radius 2 is 1.73 bits per heavy atom. The zero-order valence-electron chi connectivity index (χ0n) is 18.6. The van der Waals surface area contributed by atoms with Crippen molar-refractivity contribution in [1.82, 2.24) is 9.78 Å². The molecule has 37 heavy (non-hydrogen) atoms. The highest BCUT2D eigenvalue weighted by molar-refractivity contribution is 7.85. The van der Waals surface area contributed by atoms with Crippen molar-refractivity contribution < 1.29 is 42.6 Å². The van der Waals surface area contributed by atoms with Gasteiger partial charge in [-0.1, -0.05) is 24.3 Å². The third-order valence-electron chi connectivity index (χ3n) is 5.15. The van der Waals surface area contributed by atoms with Crippen LogP contribution in [0.3, 0.4) is 0 Å². The first-order valence-corrected chi connectivity index (χ1v) is 11.8. The number of allylic oxidation sites excluding steroid dienone is 2. The van der Waals surface area contributed by atoms with Crippen LogP contribution in [0.4, 0.5) is 5.69 Å². The van der Waals surface area contributed by atoms with Gasteiger partial charge in [0, 0.05) is 0 Å². The molecule has 0 fully saturated rings. The zero-order valence-corrected chi connectivity index (χ0v) is 19.4. The van der Waals surface area contributed by atoms with Crippen molar-refractivity contribution in [2.75, 3.05) is 5.01 Å². The van der Waals surface area contributed by atoms with E-state index in [0.717, 1.165) is 16.8 Å². The molecule has 1 aromatic heterocycles. The maximum absolute atomic E-state index is 11.7. The van der Waals surface area contributed by atoms with Crippen LogP contribution in [0.1, 0.15) is 16.1 Å². The summed E-state index contributed by atoms with van der Waals surface area (Å²) in [7, 11) is -4.45. The molecule has 1 unspecified atom stereocenters. The molecular weight excluding hydrogens is 508 g/mol. The number of carbonyl (C=O) groups excluding carboxylic acids is 1. The Kier molecular flexibility index (Phi) is 6.88. The van der Waals surface area contributed by atoms with Crippen molar-refractivity contribution in [2.45, 2.75) is 11.1 Å². The molecule has 0 saturated heterocycles. The van der Waals surface area contributed by atoms with Gasteiger partial charge in [-0.15, -0.1) is 5.10 Å². The number of hydrazone groups is 1. The van der Waals surface area contributed by atoms with Crippen LogP contribution in [0.5, 0.6) is 5.88 Å². The summed E-state index contributed by atoms with van der Waals surface area (Å²) >= 11 is 0.